The van der Waals surface area contributed by atoms with Gasteiger partial charge in [0.25, 0.3) is 0 Å². The summed E-state index contributed by atoms with van der Waals surface area (Å²) in [7, 11) is 0. The first-order valence-corrected chi connectivity index (χ1v) is 6.50. The van der Waals surface area contributed by atoms with E-state index in [0.717, 1.165) is 35.0 Å². The van der Waals surface area contributed by atoms with E-state index in [1.54, 1.807) is 17.7 Å². The summed E-state index contributed by atoms with van der Waals surface area (Å²) in [5.74, 6) is 0.783. The highest BCUT2D eigenvalue weighted by atomic mass is 32.1. The van der Waals surface area contributed by atoms with Crippen LogP contribution in [-0.2, 0) is 6.42 Å². The highest BCUT2D eigenvalue weighted by molar-refractivity contribution is 7.09. The second-order valence-corrected chi connectivity index (χ2v) is 4.83. The number of hydrogen-bond donors (Lipinski definition) is 2. The van der Waals surface area contributed by atoms with Crippen LogP contribution >= 0.6 is 11.3 Å². The summed E-state index contributed by atoms with van der Waals surface area (Å²) in [6.07, 6.45) is 4.02. The van der Waals surface area contributed by atoms with E-state index < -0.39 is 0 Å². The Morgan fingerprint density at radius 3 is 3.11 bits per heavy atom. The van der Waals surface area contributed by atoms with E-state index in [9.17, 15) is 0 Å². The molecular weight excluding hydrogens is 248 g/mol. The third-order valence-electron chi connectivity index (χ3n) is 2.52. The van der Waals surface area contributed by atoms with Crippen LogP contribution in [0.2, 0.25) is 0 Å². The number of nitrogens with one attached hydrogen (secondary N) is 2. The van der Waals surface area contributed by atoms with E-state index in [1.807, 2.05) is 6.92 Å². The fourth-order valence-electron chi connectivity index (χ4n) is 1.70. The van der Waals surface area contributed by atoms with Gasteiger partial charge in [0, 0.05) is 24.0 Å². The van der Waals surface area contributed by atoms with Crippen molar-refractivity contribution in [1.29, 1.82) is 0 Å². The van der Waals surface area contributed by atoms with E-state index in [4.69, 9.17) is 0 Å². The maximum absolute atomic E-state index is 4.42. The minimum atomic E-state index is 0.678. The number of rotatable bonds is 4. The Hall–Kier alpha value is -2.02. The molecule has 0 aromatic carbocycles. The van der Waals surface area contributed by atoms with E-state index in [0.29, 0.717) is 5.65 Å². The minimum Gasteiger partial charge on any atom is -0.368 e. The number of nitrogens with zero attached hydrogens (tertiary/aromatic N) is 4. The van der Waals surface area contributed by atoms with E-state index in [1.165, 1.54) is 6.33 Å². The first kappa shape index (κ1) is 11.1. The number of aromatic nitrogens is 5. The van der Waals surface area contributed by atoms with E-state index in [-0.39, 0.29) is 0 Å². The number of thiazole rings is 1. The van der Waals surface area contributed by atoms with Gasteiger partial charge in [-0.2, -0.15) is 0 Å². The SMILES string of the molecule is Cc1csc(CCNc2ncnc3nc[nH]c23)n1. The Labute approximate surface area is 108 Å². The number of aromatic amines is 1. The maximum atomic E-state index is 4.42. The van der Waals surface area contributed by atoms with E-state index in [2.05, 4.69) is 35.6 Å². The fourth-order valence-corrected chi connectivity index (χ4v) is 2.48. The van der Waals surface area contributed by atoms with Crippen LogP contribution in [0.25, 0.3) is 11.2 Å². The van der Waals surface area contributed by atoms with Gasteiger partial charge >= 0.3 is 0 Å². The van der Waals surface area contributed by atoms with Gasteiger partial charge in [-0.15, -0.1) is 11.3 Å². The van der Waals surface area contributed by atoms with Crippen molar-refractivity contribution in [2.75, 3.05) is 11.9 Å². The molecule has 3 heterocycles. The van der Waals surface area contributed by atoms with Crippen molar-refractivity contribution in [3.63, 3.8) is 0 Å². The summed E-state index contributed by atoms with van der Waals surface area (Å²) < 4.78 is 0. The zero-order chi connectivity index (χ0) is 12.4. The molecule has 0 aliphatic heterocycles. The molecule has 6 nitrogen and oxygen atoms in total. The van der Waals surface area contributed by atoms with Gasteiger partial charge in [-0.25, -0.2) is 19.9 Å². The number of H-pyrrole nitrogens is 1. The lowest BCUT2D eigenvalue weighted by Crippen LogP contribution is -2.07. The molecule has 0 saturated heterocycles. The molecule has 0 aliphatic carbocycles. The largest absolute Gasteiger partial charge is 0.368 e. The van der Waals surface area contributed by atoms with Crippen LogP contribution in [0.4, 0.5) is 5.82 Å². The summed E-state index contributed by atoms with van der Waals surface area (Å²) >= 11 is 1.69. The molecular formula is C11H12N6S. The van der Waals surface area contributed by atoms with Crippen LogP contribution in [0.5, 0.6) is 0 Å². The molecule has 3 aromatic rings. The van der Waals surface area contributed by atoms with Gasteiger partial charge in [-0.1, -0.05) is 0 Å². The Bertz CT molecular complexity index is 658. The van der Waals surface area contributed by atoms with Crippen LogP contribution in [0.1, 0.15) is 10.7 Å². The molecule has 18 heavy (non-hydrogen) atoms. The van der Waals surface area contributed by atoms with Crippen molar-refractivity contribution in [2.45, 2.75) is 13.3 Å². The number of hydrogen-bond acceptors (Lipinski definition) is 6. The molecule has 92 valence electrons. The van der Waals surface area contributed by atoms with Gasteiger partial charge in [0.15, 0.2) is 11.5 Å². The molecule has 0 bridgehead atoms. The van der Waals surface area contributed by atoms with Crippen LogP contribution in [0.3, 0.4) is 0 Å². The minimum absolute atomic E-state index is 0.678. The monoisotopic (exact) mass is 260 g/mol. The molecule has 0 unspecified atom stereocenters. The Morgan fingerprint density at radius 1 is 1.33 bits per heavy atom. The van der Waals surface area contributed by atoms with Crippen molar-refractivity contribution in [1.82, 2.24) is 24.9 Å². The lowest BCUT2D eigenvalue weighted by molar-refractivity contribution is 0.977. The van der Waals surface area contributed by atoms with Gasteiger partial charge in [0.2, 0.25) is 0 Å². The summed E-state index contributed by atoms with van der Waals surface area (Å²) in [6, 6.07) is 0. The number of anilines is 1. The van der Waals surface area contributed by atoms with Gasteiger partial charge in [-0.3, -0.25) is 0 Å². The molecule has 2 N–H and O–H groups in total. The third kappa shape index (κ3) is 2.17. The number of imidazole rings is 1. The molecule has 0 saturated carbocycles. The zero-order valence-corrected chi connectivity index (χ0v) is 10.7. The number of fused-ring (bicyclic) bond motifs is 1. The quantitative estimate of drug-likeness (QED) is 0.747. The van der Waals surface area contributed by atoms with E-state index >= 15 is 0 Å². The first-order chi connectivity index (χ1) is 8.83. The van der Waals surface area contributed by atoms with Gasteiger partial charge in [0.1, 0.15) is 11.8 Å². The van der Waals surface area contributed by atoms with Crippen LogP contribution in [0.15, 0.2) is 18.0 Å². The topological polar surface area (TPSA) is 79.4 Å². The third-order valence-corrected chi connectivity index (χ3v) is 3.55. The molecule has 0 aliphatic rings. The van der Waals surface area contributed by atoms with Crippen molar-refractivity contribution in [2.24, 2.45) is 0 Å². The van der Waals surface area contributed by atoms with Gasteiger partial charge in [-0.05, 0) is 6.92 Å². The normalized spacial score (nSPS) is 10.9. The van der Waals surface area contributed by atoms with Crippen molar-refractivity contribution < 1.29 is 0 Å². The lowest BCUT2D eigenvalue weighted by Gasteiger charge is -2.04. The Morgan fingerprint density at radius 2 is 2.28 bits per heavy atom. The predicted molar refractivity (Wildman–Crippen MR) is 70.7 cm³/mol. The summed E-state index contributed by atoms with van der Waals surface area (Å²) in [6.45, 7) is 2.80. The Balaban J connectivity index is 1.68. The molecule has 0 fully saturated rings. The molecule has 3 aromatic heterocycles. The van der Waals surface area contributed by atoms with Gasteiger partial charge < -0.3 is 10.3 Å². The average Bonchev–Trinajstić information content (AvgIpc) is 2.98. The van der Waals surface area contributed by atoms with Gasteiger partial charge in [0.05, 0.1) is 11.3 Å². The zero-order valence-electron chi connectivity index (χ0n) is 9.84. The molecule has 0 radical (unpaired) electrons. The molecule has 7 heteroatoms. The van der Waals surface area contributed by atoms with Crippen LogP contribution < -0.4 is 5.32 Å². The number of aryl methyl sites for hydroxylation is 1. The average molecular weight is 260 g/mol. The summed E-state index contributed by atoms with van der Waals surface area (Å²) in [5.41, 5.74) is 2.60. The maximum Gasteiger partial charge on any atom is 0.182 e. The Kier molecular flexibility index (Phi) is 2.89. The fraction of sp³-hybridized carbons (Fsp3) is 0.273. The highest BCUT2D eigenvalue weighted by Gasteiger charge is 2.05. The second-order valence-electron chi connectivity index (χ2n) is 3.88. The highest BCUT2D eigenvalue weighted by Crippen LogP contribution is 2.15. The van der Waals surface area contributed by atoms with Crippen molar-refractivity contribution >= 4 is 28.3 Å². The van der Waals surface area contributed by atoms with Crippen LogP contribution in [0, 0.1) is 6.92 Å². The molecule has 0 atom stereocenters. The van der Waals surface area contributed by atoms with Crippen molar-refractivity contribution in [3.05, 3.63) is 28.7 Å². The smallest absolute Gasteiger partial charge is 0.182 e. The molecule has 3 rings (SSSR count). The standard InChI is InChI=1S/C11H12N6S/c1-7-4-18-8(17-7)2-3-12-10-9-11(14-5-13-9)16-6-15-10/h4-6H,2-3H2,1H3,(H2,12,13,14,15,16). The molecule has 0 spiro atoms. The summed E-state index contributed by atoms with van der Waals surface area (Å²) in [5, 5.41) is 6.47. The summed E-state index contributed by atoms with van der Waals surface area (Å²) in [4.78, 5) is 19.8. The second kappa shape index (κ2) is 4.69. The van der Waals surface area contributed by atoms with Crippen molar-refractivity contribution in [3.8, 4) is 0 Å². The predicted octanol–water partition coefficient (Wildman–Crippen LogP) is 1.77. The lowest BCUT2D eigenvalue weighted by atomic mass is 10.4. The molecule has 0 amide bonds. The van der Waals surface area contributed by atoms with Crippen LogP contribution in [-0.4, -0.2) is 31.5 Å². The first-order valence-electron chi connectivity index (χ1n) is 5.62.